The molecule has 0 aromatic carbocycles. The Morgan fingerprint density at radius 2 is 1.50 bits per heavy atom. The van der Waals surface area contributed by atoms with E-state index >= 15 is 0 Å². The first-order valence-electron chi connectivity index (χ1n) is 5.58. The second-order valence-electron chi connectivity index (χ2n) is 4.96. The predicted octanol–water partition coefficient (Wildman–Crippen LogP) is -0.238. The first kappa shape index (κ1) is 16.4. The summed E-state index contributed by atoms with van der Waals surface area (Å²) in [4.78, 5) is 33.5. The smallest absolute Gasteiger partial charge is 0.323 e. The summed E-state index contributed by atoms with van der Waals surface area (Å²) in [5.41, 5.74) is -0.148. The topological polar surface area (TPSA) is 107 Å². The zero-order valence-corrected chi connectivity index (χ0v) is 10.9. The molecule has 0 saturated carbocycles. The summed E-state index contributed by atoms with van der Waals surface area (Å²) >= 11 is 0. The van der Waals surface area contributed by atoms with Crippen molar-refractivity contribution in [2.75, 3.05) is 19.6 Å². The summed E-state index contributed by atoms with van der Waals surface area (Å²) in [7, 11) is 0. The van der Waals surface area contributed by atoms with Crippen molar-refractivity contribution in [2.24, 2.45) is 0 Å². The minimum absolute atomic E-state index is 0.0673. The van der Waals surface area contributed by atoms with Crippen LogP contribution in [-0.4, -0.2) is 58.1 Å². The van der Waals surface area contributed by atoms with E-state index in [1.54, 1.807) is 0 Å². The van der Waals surface area contributed by atoms with Crippen molar-refractivity contribution in [2.45, 2.75) is 32.7 Å². The minimum atomic E-state index is -1.23. The van der Waals surface area contributed by atoms with Gasteiger partial charge in [-0.2, -0.15) is 0 Å². The lowest BCUT2D eigenvalue weighted by molar-refractivity contribution is -0.149. The Hall–Kier alpha value is -1.63. The number of aliphatic carboxylic acids is 2. The third-order valence-corrected chi connectivity index (χ3v) is 2.00. The van der Waals surface area contributed by atoms with Crippen molar-refractivity contribution in [1.82, 2.24) is 10.2 Å². The molecular formula is C11H20N2O5. The number of carboxylic acids is 2. The van der Waals surface area contributed by atoms with E-state index in [0.717, 1.165) is 4.90 Å². The third kappa shape index (κ3) is 8.51. The summed E-state index contributed by atoms with van der Waals surface area (Å²) in [6, 6.07) is 0. The van der Waals surface area contributed by atoms with E-state index in [0.29, 0.717) is 6.54 Å². The molecular weight excluding hydrogens is 240 g/mol. The van der Waals surface area contributed by atoms with Crippen LogP contribution in [0.3, 0.4) is 0 Å². The van der Waals surface area contributed by atoms with Crippen LogP contribution in [0.1, 0.15) is 27.2 Å². The molecule has 0 radical (unpaired) electrons. The Morgan fingerprint density at radius 3 is 1.83 bits per heavy atom. The highest BCUT2D eigenvalue weighted by atomic mass is 16.4. The van der Waals surface area contributed by atoms with Crippen LogP contribution >= 0.6 is 0 Å². The maximum absolute atomic E-state index is 11.7. The molecule has 7 nitrogen and oxygen atoms in total. The highest BCUT2D eigenvalue weighted by Crippen LogP contribution is 2.00. The fourth-order valence-electron chi connectivity index (χ4n) is 1.26. The number of amides is 1. The molecule has 0 aliphatic heterocycles. The lowest BCUT2D eigenvalue weighted by Crippen LogP contribution is -2.42. The number of carbonyl (C=O) groups is 3. The van der Waals surface area contributed by atoms with Gasteiger partial charge in [-0.15, -0.1) is 0 Å². The SMILES string of the molecule is CC(C)(C)NCCC(=O)N(CC(=O)O)CC(=O)O. The number of carboxylic acid groups (broad SMARTS) is 2. The van der Waals surface area contributed by atoms with Crippen LogP contribution in [-0.2, 0) is 14.4 Å². The molecule has 0 atom stereocenters. The average molecular weight is 260 g/mol. The largest absolute Gasteiger partial charge is 0.480 e. The quantitative estimate of drug-likeness (QED) is 0.583. The van der Waals surface area contributed by atoms with Gasteiger partial charge in [0.1, 0.15) is 13.1 Å². The molecule has 18 heavy (non-hydrogen) atoms. The van der Waals surface area contributed by atoms with Crippen molar-refractivity contribution in [3.05, 3.63) is 0 Å². The molecule has 0 heterocycles. The van der Waals surface area contributed by atoms with E-state index in [4.69, 9.17) is 10.2 Å². The van der Waals surface area contributed by atoms with Crippen molar-refractivity contribution >= 4 is 17.8 Å². The summed E-state index contributed by atoms with van der Waals surface area (Å²) in [5.74, 6) is -2.95. The van der Waals surface area contributed by atoms with Crippen LogP contribution < -0.4 is 5.32 Å². The standard InChI is InChI=1S/C11H20N2O5/c1-11(2,3)12-5-4-8(14)13(6-9(15)16)7-10(17)18/h12H,4-7H2,1-3H3,(H,15,16)(H,17,18). The maximum Gasteiger partial charge on any atom is 0.323 e. The van der Waals surface area contributed by atoms with Crippen LogP contribution in [0.2, 0.25) is 0 Å². The second kappa shape index (κ2) is 6.95. The van der Waals surface area contributed by atoms with Gasteiger partial charge in [-0.25, -0.2) is 0 Å². The number of carbonyl (C=O) groups excluding carboxylic acids is 1. The zero-order valence-electron chi connectivity index (χ0n) is 10.9. The van der Waals surface area contributed by atoms with Crippen LogP contribution in [0.4, 0.5) is 0 Å². The lowest BCUT2D eigenvalue weighted by Gasteiger charge is -2.22. The molecule has 0 aliphatic carbocycles. The molecule has 0 aromatic rings. The highest BCUT2D eigenvalue weighted by molar-refractivity contribution is 5.85. The van der Waals surface area contributed by atoms with Crippen molar-refractivity contribution < 1.29 is 24.6 Å². The van der Waals surface area contributed by atoms with Gasteiger partial charge in [0.2, 0.25) is 5.91 Å². The molecule has 3 N–H and O–H groups in total. The number of hydrogen-bond donors (Lipinski definition) is 3. The van der Waals surface area contributed by atoms with Gasteiger partial charge in [-0.3, -0.25) is 14.4 Å². The molecule has 0 spiro atoms. The predicted molar refractivity (Wildman–Crippen MR) is 64.2 cm³/mol. The molecule has 0 aromatic heterocycles. The Bertz CT molecular complexity index is 306. The minimum Gasteiger partial charge on any atom is -0.480 e. The van der Waals surface area contributed by atoms with E-state index in [1.807, 2.05) is 20.8 Å². The Kier molecular flexibility index (Phi) is 6.32. The van der Waals surface area contributed by atoms with E-state index in [9.17, 15) is 14.4 Å². The summed E-state index contributed by atoms with van der Waals surface area (Å²) < 4.78 is 0. The van der Waals surface area contributed by atoms with Crippen LogP contribution in [0.15, 0.2) is 0 Å². The van der Waals surface area contributed by atoms with E-state index in [-0.39, 0.29) is 12.0 Å². The molecule has 0 bridgehead atoms. The van der Waals surface area contributed by atoms with Crippen molar-refractivity contribution in [1.29, 1.82) is 0 Å². The first-order chi connectivity index (χ1) is 8.11. The number of rotatable bonds is 7. The fourth-order valence-corrected chi connectivity index (χ4v) is 1.26. The van der Waals surface area contributed by atoms with Gasteiger partial charge in [0.05, 0.1) is 0 Å². The average Bonchev–Trinajstić information content (AvgIpc) is 2.12. The number of nitrogens with one attached hydrogen (secondary N) is 1. The molecule has 0 saturated heterocycles. The Balaban J connectivity index is 4.29. The Morgan fingerprint density at radius 1 is 1.06 bits per heavy atom. The zero-order chi connectivity index (χ0) is 14.3. The second-order valence-corrected chi connectivity index (χ2v) is 4.96. The molecule has 104 valence electrons. The number of nitrogens with zero attached hydrogens (tertiary/aromatic N) is 1. The summed E-state index contributed by atoms with van der Waals surface area (Å²) in [6.45, 7) is 4.98. The first-order valence-corrected chi connectivity index (χ1v) is 5.58. The fraction of sp³-hybridized carbons (Fsp3) is 0.727. The van der Waals surface area contributed by atoms with Gasteiger partial charge in [0.25, 0.3) is 0 Å². The summed E-state index contributed by atoms with van der Waals surface area (Å²) in [5, 5.41) is 20.3. The maximum atomic E-state index is 11.7. The summed E-state index contributed by atoms with van der Waals surface area (Å²) in [6.07, 6.45) is 0.0673. The van der Waals surface area contributed by atoms with Gasteiger partial charge < -0.3 is 20.4 Å². The van der Waals surface area contributed by atoms with Gasteiger partial charge in [0.15, 0.2) is 0 Å². The molecule has 0 unspecified atom stereocenters. The molecule has 0 rings (SSSR count). The van der Waals surface area contributed by atoms with Gasteiger partial charge in [-0.1, -0.05) is 0 Å². The van der Waals surface area contributed by atoms with E-state index < -0.39 is 30.9 Å². The van der Waals surface area contributed by atoms with Crippen molar-refractivity contribution in [3.8, 4) is 0 Å². The van der Waals surface area contributed by atoms with Crippen LogP contribution in [0, 0.1) is 0 Å². The monoisotopic (exact) mass is 260 g/mol. The number of hydrogen-bond acceptors (Lipinski definition) is 4. The van der Waals surface area contributed by atoms with Gasteiger partial charge in [0, 0.05) is 18.5 Å². The van der Waals surface area contributed by atoms with Crippen LogP contribution in [0.5, 0.6) is 0 Å². The molecule has 1 amide bonds. The molecule has 0 aliphatic rings. The van der Waals surface area contributed by atoms with E-state index in [2.05, 4.69) is 5.32 Å². The molecule has 0 fully saturated rings. The van der Waals surface area contributed by atoms with Crippen molar-refractivity contribution in [3.63, 3.8) is 0 Å². The van der Waals surface area contributed by atoms with Gasteiger partial charge >= 0.3 is 11.9 Å². The normalized spacial score (nSPS) is 11.1. The lowest BCUT2D eigenvalue weighted by atomic mass is 10.1. The van der Waals surface area contributed by atoms with Gasteiger partial charge in [-0.05, 0) is 20.8 Å². The Labute approximate surface area is 106 Å². The van der Waals surface area contributed by atoms with Crippen LogP contribution in [0.25, 0.3) is 0 Å². The van der Waals surface area contributed by atoms with E-state index in [1.165, 1.54) is 0 Å². The third-order valence-electron chi connectivity index (χ3n) is 2.00. The highest BCUT2D eigenvalue weighted by Gasteiger charge is 2.19. The molecule has 7 heteroatoms.